The number of ether oxygens (including phenoxy) is 2. The number of halogens is 1. The number of carbonyl (C=O) groups excluding carboxylic acids is 4. The van der Waals surface area contributed by atoms with Crippen molar-refractivity contribution in [2.75, 3.05) is 34.9 Å². The van der Waals surface area contributed by atoms with Crippen LogP contribution in [-0.2, 0) is 39.9 Å². The summed E-state index contributed by atoms with van der Waals surface area (Å²) in [6, 6.07) is 3.07. The van der Waals surface area contributed by atoms with Crippen LogP contribution in [0.4, 0.5) is 4.39 Å². The molecule has 1 aliphatic carbocycles. The number of nitrogens with zero attached hydrogens (tertiary/aromatic N) is 2. The van der Waals surface area contributed by atoms with E-state index in [0.717, 1.165) is 6.42 Å². The summed E-state index contributed by atoms with van der Waals surface area (Å²) >= 11 is 0. The van der Waals surface area contributed by atoms with Crippen LogP contribution in [0.5, 0.6) is 0 Å². The van der Waals surface area contributed by atoms with Gasteiger partial charge in [-0.1, -0.05) is 59.2 Å². The zero-order valence-electron chi connectivity index (χ0n) is 31.5. The van der Waals surface area contributed by atoms with Crippen molar-refractivity contribution < 1.29 is 42.9 Å². The van der Waals surface area contributed by atoms with Gasteiger partial charge in [0, 0.05) is 33.7 Å². The van der Waals surface area contributed by atoms with E-state index in [1.807, 2.05) is 27.7 Å². The number of benzene rings is 1. The first-order valence-corrected chi connectivity index (χ1v) is 17.9. The molecule has 0 radical (unpaired) electrons. The third kappa shape index (κ3) is 10.3. The van der Waals surface area contributed by atoms with E-state index in [4.69, 9.17) is 9.47 Å². The molecule has 0 bridgehead atoms. The van der Waals surface area contributed by atoms with Crippen molar-refractivity contribution in [2.24, 2.45) is 23.7 Å². The van der Waals surface area contributed by atoms with Crippen LogP contribution in [0.3, 0.4) is 0 Å². The summed E-state index contributed by atoms with van der Waals surface area (Å²) in [7, 11) is 6.33. The maximum absolute atomic E-state index is 14.3. The average Bonchev–Trinajstić information content (AvgIpc) is 3.75. The molecule has 1 aromatic rings. The lowest BCUT2D eigenvalue weighted by molar-refractivity contribution is -0.148. The van der Waals surface area contributed by atoms with E-state index >= 15 is 0 Å². The van der Waals surface area contributed by atoms with E-state index in [1.54, 1.807) is 36.9 Å². The molecule has 0 aromatic heterocycles. The number of carboxylic acid groups (broad SMARTS) is 1. The van der Waals surface area contributed by atoms with Crippen molar-refractivity contribution in [1.29, 1.82) is 0 Å². The first-order valence-electron chi connectivity index (χ1n) is 17.9. The van der Waals surface area contributed by atoms with Crippen molar-refractivity contribution >= 4 is 29.6 Å². The number of hydrogen-bond donors (Lipinski definition) is 4. The number of methoxy groups -OCH3 is 2. The molecule has 1 saturated heterocycles. The van der Waals surface area contributed by atoms with Gasteiger partial charge in [-0.05, 0) is 49.3 Å². The van der Waals surface area contributed by atoms with E-state index in [0.29, 0.717) is 12.8 Å². The van der Waals surface area contributed by atoms with Crippen LogP contribution in [0.1, 0.15) is 65.9 Å². The molecule has 51 heavy (non-hydrogen) atoms. The normalized spacial score (nSPS) is 22.2. The van der Waals surface area contributed by atoms with Crippen molar-refractivity contribution in [3.63, 3.8) is 0 Å². The Kier molecular flexibility index (Phi) is 15.4. The summed E-state index contributed by atoms with van der Waals surface area (Å²) in [5, 5.41) is 18.1. The highest BCUT2D eigenvalue weighted by Crippen LogP contribution is 2.50. The largest absolute Gasteiger partial charge is 0.480 e. The van der Waals surface area contributed by atoms with Crippen LogP contribution in [0, 0.1) is 29.5 Å². The second-order valence-electron chi connectivity index (χ2n) is 14.4. The lowest BCUT2D eigenvalue weighted by atomic mass is 9.90. The van der Waals surface area contributed by atoms with Gasteiger partial charge in [-0.25, -0.2) is 9.18 Å². The van der Waals surface area contributed by atoms with Gasteiger partial charge < -0.3 is 40.3 Å². The predicted molar refractivity (Wildman–Crippen MR) is 189 cm³/mol. The monoisotopic (exact) mass is 719 g/mol. The first kappa shape index (κ1) is 41.8. The van der Waals surface area contributed by atoms with E-state index in [1.165, 1.54) is 32.4 Å². The third-order valence-electron chi connectivity index (χ3n) is 10.8. The van der Waals surface area contributed by atoms with E-state index in [2.05, 4.69) is 16.0 Å². The maximum atomic E-state index is 14.3. The van der Waals surface area contributed by atoms with E-state index in [9.17, 15) is 33.5 Å². The van der Waals surface area contributed by atoms with Gasteiger partial charge in [0.15, 0.2) is 0 Å². The third-order valence-corrected chi connectivity index (χ3v) is 10.8. The van der Waals surface area contributed by atoms with Crippen molar-refractivity contribution in [1.82, 2.24) is 25.8 Å². The van der Waals surface area contributed by atoms with Crippen LogP contribution >= 0.6 is 0 Å². The van der Waals surface area contributed by atoms with Gasteiger partial charge in [0.1, 0.15) is 11.9 Å². The molecule has 4 N–H and O–H groups in total. The quantitative estimate of drug-likeness (QED) is 0.158. The van der Waals surface area contributed by atoms with Crippen LogP contribution in [0.15, 0.2) is 24.3 Å². The zero-order valence-corrected chi connectivity index (χ0v) is 31.5. The predicted octanol–water partition coefficient (Wildman–Crippen LogP) is 2.22. The molecule has 2 aliphatic rings. The molecule has 1 heterocycles. The first-order chi connectivity index (χ1) is 24.1. The highest BCUT2D eigenvalue weighted by molar-refractivity contribution is 5.88. The highest BCUT2D eigenvalue weighted by atomic mass is 19.1. The summed E-state index contributed by atoms with van der Waals surface area (Å²) in [5.74, 6) is -3.79. The van der Waals surface area contributed by atoms with Gasteiger partial charge in [0.2, 0.25) is 23.6 Å². The smallest absolute Gasteiger partial charge is 0.326 e. The van der Waals surface area contributed by atoms with Gasteiger partial charge in [-0.3, -0.25) is 19.2 Å². The number of rotatable bonds is 20. The number of carboxylic acids is 1. The van der Waals surface area contributed by atoms with Crippen LogP contribution in [-0.4, -0.2) is 122 Å². The highest BCUT2D eigenvalue weighted by Gasteiger charge is 2.57. The fourth-order valence-electron chi connectivity index (χ4n) is 7.58. The topological polar surface area (TPSA) is 167 Å². The fraction of sp³-hybridized carbons (Fsp3) is 0.703. The Morgan fingerprint density at radius 2 is 1.71 bits per heavy atom. The van der Waals surface area contributed by atoms with Gasteiger partial charge in [-0.2, -0.15) is 0 Å². The fourth-order valence-corrected chi connectivity index (χ4v) is 7.58. The molecule has 3 rings (SSSR count). The van der Waals surface area contributed by atoms with Crippen molar-refractivity contribution in [2.45, 2.75) is 109 Å². The molecule has 1 aromatic carbocycles. The van der Waals surface area contributed by atoms with Crippen molar-refractivity contribution in [3.8, 4) is 0 Å². The minimum atomic E-state index is -1.36. The number of likely N-dealkylation sites (tertiary alicyclic amines) is 1. The Morgan fingerprint density at radius 1 is 1.04 bits per heavy atom. The molecule has 14 heteroatoms. The molecule has 2 fully saturated rings. The summed E-state index contributed by atoms with van der Waals surface area (Å²) in [5.41, 5.74) is 0.169. The number of carbonyl (C=O) groups is 5. The standard InChI is InChI=1S/C37H58FN5O8/c1-10-21(4)33(42(7)31(45)19-40-36(47)32(39-6)20(2)3)29(50-8)18-30(44)43-27-16-24(27)17-28(43)34(51-9)22(5)35(46)41-26(37(48)49)15-23-13-11-12-14-25(23)38/h11-14,20-22,24,26-29,32-34,39H,10,15-19H2,1-9H3,(H,40,47)(H,41,46)(H,48,49)/t21-,22?,24?,26-,27?,28-,29+,32?,33-,34+/m0/s1. The maximum Gasteiger partial charge on any atom is 0.326 e. The Labute approximate surface area is 301 Å². The number of fused-ring (bicyclic) bond motifs is 1. The summed E-state index contributed by atoms with van der Waals surface area (Å²) in [4.78, 5) is 69.1. The molecule has 10 atom stereocenters. The van der Waals surface area contributed by atoms with Crippen LogP contribution < -0.4 is 16.0 Å². The Hall–Kier alpha value is -3.62. The Balaban J connectivity index is 1.74. The van der Waals surface area contributed by atoms with Gasteiger partial charge in [0.25, 0.3) is 0 Å². The zero-order chi connectivity index (χ0) is 38.2. The SMILES string of the molecule is CC[C@H](C)[C@@H]([C@@H](CC(=O)N1C2CC2C[C@H]1[C@H](OC)C(C)C(=O)N[C@@H](Cc1ccccc1F)C(=O)O)OC)N(C)C(=O)CNC(=O)C(NC)C(C)C. The minimum Gasteiger partial charge on any atom is -0.480 e. The number of likely N-dealkylation sites (N-methyl/N-ethyl adjacent to an activating group) is 2. The van der Waals surface area contributed by atoms with Crippen LogP contribution in [0.25, 0.3) is 0 Å². The molecule has 13 nitrogen and oxygen atoms in total. The summed E-state index contributed by atoms with van der Waals surface area (Å²) in [6.07, 6.45) is 0.510. The Morgan fingerprint density at radius 3 is 2.25 bits per heavy atom. The van der Waals surface area contributed by atoms with Gasteiger partial charge >= 0.3 is 5.97 Å². The lowest BCUT2D eigenvalue weighted by Gasteiger charge is -2.40. The number of hydrogen-bond acceptors (Lipinski definition) is 8. The molecule has 4 unspecified atom stereocenters. The second kappa shape index (κ2) is 18.7. The molecular formula is C37H58FN5O8. The molecule has 0 spiro atoms. The second-order valence-corrected chi connectivity index (χ2v) is 14.4. The average molecular weight is 720 g/mol. The Bertz CT molecular complexity index is 1380. The van der Waals surface area contributed by atoms with Gasteiger partial charge in [0.05, 0.1) is 49.2 Å². The molecular weight excluding hydrogens is 661 g/mol. The summed E-state index contributed by atoms with van der Waals surface area (Å²) < 4.78 is 26.1. The number of nitrogens with one attached hydrogen (secondary N) is 3. The number of aliphatic carboxylic acids is 1. The lowest BCUT2D eigenvalue weighted by Crippen LogP contribution is -2.56. The number of piperidine rings is 1. The van der Waals surface area contributed by atoms with Gasteiger partial charge in [-0.15, -0.1) is 0 Å². The van der Waals surface area contributed by atoms with Crippen molar-refractivity contribution in [3.05, 3.63) is 35.6 Å². The molecule has 1 saturated carbocycles. The molecule has 286 valence electrons. The summed E-state index contributed by atoms with van der Waals surface area (Å²) in [6.45, 7) is 9.25. The molecule has 1 aliphatic heterocycles. The van der Waals surface area contributed by atoms with E-state index < -0.39 is 60.0 Å². The van der Waals surface area contributed by atoms with E-state index in [-0.39, 0.29) is 66.5 Å². The number of amides is 4. The minimum absolute atomic E-state index is 0.0153. The molecule has 4 amide bonds. The van der Waals surface area contributed by atoms with Crippen LogP contribution in [0.2, 0.25) is 0 Å².